The lowest BCUT2D eigenvalue weighted by atomic mass is 9.87. The molecular weight excluding hydrogens is 182 g/mol. The minimum atomic E-state index is 0.395. The fraction of sp³-hybridized carbons (Fsp3) is 1.00. The summed E-state index contributed by atoms with van der Waals surface area (Å²) in [5.41, 5.74) is 0. The summed E-state index contributed by atoms with van der Waals surface area (Å²) in [6.45, 7) is 6.44. The molecule has 1 saturated carbocycles. The van der Waals surface area contributed by atoms with Gasteiger partial charge in [-0.2, -0.15) is 0 Å². The Hall–Kier alpha value is 0.270. The second-order valence-electron chi connectivity index (χ2n) is 4.28. The lowest BCUT2D eigenvalue weighted by Gasteiger charge is -2.50. The van der Waals surface area contributed by atoms with E-state index in [1.807, 2.05) is 0 Å². The monoisotopic (exact) mass is 201 g/mol. The maximum atomic E-state index is 5.58. The molecule has 0 bridgehead atoms. The highest BCUT2D eigenvalue weighted by atomic mass is 32.2. The van der Waals surface area contributed by atoms with Crippen LogP contribution >= 0.6 is 11.8 Å². The summed E-state index contributed by atoms with van der Waals surface area (Å²) in [4.78, 5) is 0.395. The number of thioether (sulfide) groups is 1. The van der Waals surface area contributed by atoms with Crippen LogP contribution in [0.2, 0.25) is 0 Å². The first kappa shape index (κ1) is 9.81. The second kappa shape index (κ2) is 3.79. The van der Waals surface area contributed by atoms with Gasteiger partial charge < -0.3 is 10.1 Å². The van der Waals surface area contributed by atoms with Gasteiger partial charge in [-0.1, -0.05) is 6.92 Å². The Morgan fingerprint density at radius 3 is 2.85 bits per heavy atom. The fourth-order valence-electron chi connectivity index (χ4n) is 2.06. The van der Waals surface area contributed by atoms with Crippen LogP contribution in [0.5, 0.6) is 0 Å². The molecule has 1 saturated heterocycles. The Bertz CT molecular complexity index is 170. The molecule has 2 aliphatic rings. The summed E-state index contributed by atoms with van der Waals surface area (Å²) in [5, 5.41) is 3.65. The summed E-state index contributed by atoms with van der Waals surface area (Å²) in [6, 6.07) is 0. The van der Waals surface area contributed by atoms with Gasteiger partial charge in [0.15, 0.2) is 0 Å². The van der Waals surface area contributed by atoms with Crippen molar-refractivity contribution in [1.29, 1.82) is 0 Å². The third-order valence-electron chi connectivity index (χ3n) is 2.93. The van der Waals surface area contributed by atoms with Gasteiger partial charge in [-0.05, 0) is 25.1 Å². The molecule has 1 N–H and O–H groups in total. The van der Waals surface area contributed by atoms with Gasteiger partial charge in [-0.15, -0.1) is 11.8 Å². The van der Waals surface area contributed by atoms with E-state index in [9.17, 15) is 0 Å². The topological polar surface area (TPSA) is 21.3 Å². The smallest absolute Gasteiger partial charge is 0.0695 e. The molecule has 2 nitrogen and oxygen atoms in total. The highest BCUT2D eigenvalue weighted by Crippen LogP contribution is 2.45. The molecule has 0 aromatic rings. The number of ether oxygens (including phenoxy) is 1. The zero-order valence-electron chi connectivity index (χ0n) is 8.51. The van der Waals surface area contributed by atoms with E-state index < -0.39 is 0 Å². The van der Waals surface area contributed by atoms with E-state index in [2.05, 4.69) is 30.9 Å². The van der Waals surface area contributed by atoms with Crippen molar-refractivity contribution in [2.45, 2.75) is 37.7 Å². The summed E-state index contributed by atoms with van der Waals surface area (Å²) in [7, 11) is 0. The molecule has 2 fully saturated rings. The maximum Gasteiger partial charge on any atom is 0.0695 e. The standard InChI is InChI=1S/C10H19NOS/c1-3-12-9-4-10(5-9)11-6-8(2)7-13-10/h8-9,11H,3-7H2,1-2H3. The minimum absolute atomic E-state index is 0.395. The predicted octanol–water partition coefficient (Wildman–Crippen LogP) is 1.85. The van der Waals surface area contributed by atoms with Gasteiger partial charge in [-0.25, -0.2) is 0 Å². The lowest BCUT2D eigenvalue weighted by Crippen LogP contribution is -2.59. The van der Waals surface area contributed by atoms with Crippen LogP contribution in [-0.2, 0) is 4.74 Å². The number of rotatable bonds is 2. The molecule has 13 heavy (non-hydrogen) atoms. The Labute approximate surface area is 84.8 Å². The highest BCUT2D eigenvalue weighted by molar-refractivity contribution is 8.00. The van der Waals surface area contributed by atoms with Crippen LogP contribution in [0, 0.1) is 5.92 Å². The molecule has 0 aromatic carbocycles. The summed E-state index contributed by atoms with van der Waals surface area (Å²) in [6.07, 6.45) is 2.94. The van der Waals surface area contributed by atoms with Crippen LogP contribution in [0.1, 0.15) is 26.7 Å². The predicted molar refractivity (Wildman–Crippen MR) is 57.0 cm³/mol. The molecule has 2 rings (SSSR count). The molecule has 1 aliphatic heterocycles. The second-order valence-corrected chi connectivity index (χ2v) is 5.68. The minimum Gasteiger partial charge on any atom is -0.378 e. The molecule has 0 amide bonds. The Balaban J connectivity index is 1.76. The van der Waals surface area contributed by atoms with Crippen LogP contribution in [0.25, 0.3) is 0 Å². The van der Waals surface area contributed by atoms with Crippen molar-refractivity contribution in [1.82, 2.24) is 5.32 Å². The lowest BCUT2D eigenvalue weighted by molar-refractivity contribution is -0.0219. The highest BCUT2D eigenvalue weighted by Gasteiger charge is 2.46. The zero-order valence-corrected chi connectivity index (χ0v) is 9.32. The third-order valence-corrected chi connectivity index (χ3v) is 4.70. The van der Waals surface area contributed by atoms with E-state index in [-0.39, 0.29) is 0 Å². The zero-order chi connectivity index (χ0) is 9.31. The summed E-state index contributed by atoms with van der Waals surface area (Å²) < 4.78 is 5.58. The van der Waals surface area contributed by atoms with Gasteiger partial charge in [0.2, 0.25) is 0 Å². The van der Waals surface area contributed by atoms with Crippen LogP contribution < -0.4 is 5.32 Å². The van der Waals surface area contributed by atoms with Crippen molar-refractivity contribution < 1.29 is 4.74 Å². The maximum absolute atomic E-state index is 5.58. The molecule has 3 heteroatoms. The van der Waals surface area contributed by atoms with E-state index >= 15 is 0 Å². The first-order chi connectivity index (χ1) is 6.24. The number of hydrogen-bond acceptors (Lipinski definition) is 3. The van der Waals surface area contributed by atoms with Crippen molar-refractivity contribution >= 4 is 11.8 Å². The molecule has 1 heterocycles. The van der Waals surface area contributed by atoms with Gasteiger partial charge >= 0.3 is 0 Å². The van der Waals surface area contributed by atoms with Crippen molar-refractivity contribution in [3.05, 3.63) is 0 Å². The molecule has 76 valence electrons. The fourth-order valence-corrected chi connectivity index (χ4v) is 3.58. The van der Waals surface area contributed by atoms with Gasteiger partial charge in [-0.3, -0.25) is 0 Å². The molecule has 0 radical (unpaired) electrons. The van der Waals surface area contributed by atoms with E-state index in [0.717, 1.165) is 12.5 Å². The van der Waals surface area contributed by atoms with Gasteiger partial charge in [0.05, 0.1) is 11.0 Å². The number of hydrogen-bond donors (Lipinski definition) is 1. The molecule has 1 aliphatic carbocycles. The van der Waals surface area contributed by atoms with E-state index in [1.54, 1.807) is 0 Å². The van der Waals surface area contributed by atoms with Crippen molar-refractivity contribution in [2.75, 3.05) is 18.9 Å². The first-order valence-electron chi connectivity index (χ1n) is 5.25. The Morgan fingerprint density at radius 2 is 2.31 bits per heavy atom. The third kappa shape index (κ3) is 2.03. The van der Waals surface area contributed by atoms with Crippen LogP contribution in [0.3, 0.4) is 0 Å². The van der Waals surface area contributed by atoms with Crippen LogP contribution in [0.15, 0.2) is 0 Å². The largest absolute Gasteiger partial charge is 0.378 e. The average Bonchev–Trinajstić information content (AvgIpc) is 2.07. The molecular formula is C10H19NOS. The van der Waals surface area contributed by atoms with Crippen LogP contribution in [-0.4, -0.2) is 29.9 Å². The van der Waals surface area contributed by atoms with E-state index in [0.29, 0.717) is 11.0 Å². The molecule has 1 spiro atoms. The summed E-state index contributed by atoms with van der Waals surface area (Å²) >= 11 is 2.10. The van der Waals surface area contributed by atoms with Gasteiger partial charge in [0.1, 0.15) is 0 Å². The van der Waals surface area contributed by atoms with Crippen molar-refractivity contribution in [2.24, 2.45) is 5.92 Å². The molecule has 0 aromatic heterocycles. The summed E-state index contributed by atoms with van der Waals surface area (Å²) in [5.74, 6) is 2.15. The quantitative estimate of drug-likeness (QED) is 0.737. The Morgan fingerprint density at radius 1 is 1.54 bits per heavy atom. The van der Waals surface area contributed by atoms with Crippen LogP contribution in [0.4, 0.5) is 0 Å². The molecule has 1 atom stereocenters. The van der Waals surface area contributed by atoms with Crippen molar-refractivity contribution in [3.8, 4) is 0 Å². The molecule has 1 unspecified atom stereocenters. The van der Waals surface area contributed by atoms with E-state index in [1.165, 1.54) is 25.1 Å². The average molecular weight is 201 g/mol. The first-order valence-corrected chi connectivity index (χ1v) is 6.23. The van der Waals surface area contributed by atoms with E-state index in [4.69, 9.17) is 4.74 Å². The van der Waals surface area contributed by atoms with Crippen molar-refractivity contribution in [3.63, 3.8) is 0 Å². The Kier molecular flexibility index (Phi) is 2.86. The number of nitrogens with one attached hydrogen (secondary N) is 1. The normalized spacial score (nSPS) is 44.8. The van der Waals surface area contributed by atoms with Gasteiger partial charge in [0.25, 0.3) is 0 Å². The SMILES string of the molecule is CCOC1CC2(C1)NCC(C)CS2. The van der Waals surface area contributed by atoms with Gasteiger partial charge in [0, 0.05) is 19.4 Å².